The van der Waals surface area contributed by atoms with E-state index >= 15 is 0 Å². The van der Waals surface area contributed by atoms with Gasteiger partial charge in [-0.3, -0.25) is 10.1 Å². The Hall–Kier alpha value is -2.77. The number of nitrogens with one attached hydrogen (secondary N) is 1. The van der Waals surface area contributed by atoms with Gasteiger partial charge in [-0.25, -0.2) is 8.42 Å². The minimum Gasteiger partial charge on any atom is -0.258 e. The van der Waals surface area contributed by atoms with Gasteiger partial charge in [0.15, 0.2) is 0 Å². The number of hydrogen-bond donors (Lipinski definition) is 1. The summed E-state index contributed by atoms with van der Waals surface area (Å²) < 4.78 is 27.6. The maximum absolute atomic E-state index is 12.5. The molecule has 0 bridgehead atoms. The van der Waals surface area contributed by atoms with E-state index in [9.17, 15) is 18.5 Å². The first-order chi connectivity index (χ1) is 11.4. The van der Waals surface area contributed by atoms with Crippen LogP contribution in [-0.2, 0) is 10.0 Å². The fourth-order valence-corrected chi connectivity index (χ4v) is 3.23. The van der Waals surface area contributed by atoms with E-state index in [1.807, 2.05) is 18.2 Å². The average molecular weight is 344 g/mol. The molecule has 2 aromatic rings. The van der Waals surface area contributed by atoms with Crippen molar-refractivity contribution in [3.8, 4) is 0 Å². The van der Waals surface area contributed by atoms with E-state index in [4.69, 9.17) is 0 Å². The molecule has 24 heavy (non-hydrogen) atoms. The first kappa shape index (κ1) is 17.6. The summed E-state index contributed by atoms with van der Waals surface area (Å²) >= 11 is 0. The fourth-order valence-electron chi connectivity index (χ4n) is 2.05. The molecular weight excluding hydrogens is 328 g/mol. The van der Waals surface area contributed by atoms with Gasteiger partial charge in [0, 0.05) is 12.1 Å². The molecule has 1 N–H and O–H groups in total. The quantitative estimate of drug-likeness (QED) is 0.474. The maximum atomic E-state index is 12.5. The van der Waals surface area contributed by atoms with Gasteiger partial charge in [-0.1, -0.05) is 55.1 Å². The highest BCUT2D eigenvalue weighted by Gasteiger charge is 2.20. The lowest BCUT2D eigenvalue weighted by atomic mass is 10.1. The Labute approximate surface area is 140 Å². The molecule has 6 nitrogen and oxygen atoms in total. The second-order valence-corrected chi connectivity index (χ2v) is 6.60. The molecule has 1 atom stereocenters. The third-order valence-electron chi connectivity index (χ3n) is 3.24. The Bertz CT molecular complexity index is 844. The Morgan fingerprint density at radius 1 is 1.08 bits per heavy atom. The zero-order chi connectivity index (χ0) is 17.6. The van der Waals surface area contributed by atoms with Crippen LogP contribution in [0.2, 0.25) is 0 Å². The van der Waals surface area contributed by atoms with Gasteiger partial charge in [-0.05, 0) is 17.7 Å². The predicted octanol–water partition coefficient (Wildman–Crippen LogP) is 3.36. The smallest absolute Gasteiger partial charge is 0.258 e. The summed E-state index contributed by atoms with van der Waals surface area (Å²) in [5.41, 5.74) is 0.598. The molecule has 0 unspecified atom stereocenters. The second kappa shape index (κ2) is 7.67. The third kappa shape index (κ3) is 4.37. The molecular formula is C17H16N2O4S. The van der Waals surface area contributed by atoms with Crippen molar-refractivity contribution >= 4 is 15.7 Å². The van der Waals surface area contributed by atoms with Crippen LogP contribution in [0.25, 0.3) is 0 Å². The van der Waals surface area contributed by atoms with Gasteiger partial charge in [-0.2, -0.15) is 4.72 Å². The number of allylic oxidation sites excluding steroid dienone is 2. The molecule has 2 aromatic carbocycles. The van der Waals surface area contributed by atoms with Gasteiger partial charge in [-0.15, -0.1) is 0 Å². The molecule has 0 aliphatic heterocycles. The molecule has 0 heterocycles. The molecule has 0 amide bonds. The number of sulfonamides is 1. The van der Waals surface area contributed by atoms with Crippen LogP contribution >= 0.6 is 0 Å². The molecule has 0 saturated heterocycles. The first-order valence-corrected chi connectivity index (χ1v) is 8.53. The number of rotatable bonds is 7. The molecule has 0 fully saturated rings. The van der Waals surface area contributed by atoms with Gasteiger partial charge in [0.1, 0.15) is 0 Å². The van der Waals surface area contributed by atoms with Gasteiger partial charge in [0.25, 0.3) is 5.69 Å². The molecule has 7 heteroatoms. The number of hydrogen-bond acceptors (Lipinski definition) is 4. The van der Waals surface area contributed by atoms with Crippen molar-refractivity contribution in [2.24, 2.45) is 0 Å². The van der Waals surface area contributed by atoms with E-state index < -0.39 is 21.0 Å². The summed E-state index contributed by atoms with van der Waals surface area (Å²) in [6.07, 6.45) is 4.87. The van der Waals surface area contributed by atoms with Crippen LogP contribution in [0.5, 0.6) is 0 Å². The zero-order valence-corrected chi connectivity index (χ0v) is 13.5. The number of nitrogens with zero attached hydrogens (tertiary/aromatic N) is 1. The summed E-state index contributed by atoms with van der Waals surface area (Å²) in [5.74, 6) is 0. The van der Waals surface area contributed by atoms with E-state index in [0.717, 1.165) is 17.7 Å². The average Bonchev–Trinajstić information content (AvgIpc) is 2.59. The molecule has 124 valence electrons. The molecule has 0 aliphatic carbocycles. The van der Waals surface area contributed by atoms with Gasteiger partial charge in [0.05, 0.1) is 15.9 Å². The minimum atomic E-state index is -3.84. The summed E-state index contributed by atoms with van der Waals surface area (Å²) in [4.78, 5) is 10.0. The lowest BCUT2D eigenvalue weighted by molar-refractivity contribution is -0.384. The third-order valence-corrected chi connectivity index (χ3v) is 4.70. The molecule has 0 aromatic heterocycles. The predicted molar refractivity (Wildman–Crippen MR) is 91.9 cm³/mol. The summed E-state index contributed by atoms with van der Waals surface area (Å²) in [5, 5.41) is 10.7. The lowest BCUT2D eigenvalue weighted by Gasteiger charge is -2.16. The van der Waals surface area contributed by atoms with Crippen LogP contribution in [0.3, 0.4) is 0 Å². The van der Waals surface area contributed by atoms with Crippen molar-refractivity contribution in [3.63, 3.8) is 0 Å². The Morgan fingerprint density at radius 2 is 1.71 bits per heavy atom. The number of benzene rings is 2. The summed E-state index contributed by atoms with van der Waals surface area (Å²) in [7, 11) is -3.84. The zero-order valence-electron chi connectivity index (χ0n) is 12.7. The fraction of sp³-hybridized carbons (Fsp3) is 0.0588. The monoisotopic (exact) mass is 344 g/mol. The molecule has 0 spiro atoms. The normalized spacial score (nSPS) is 12.8. The molecule has 0 saturated carbocycles. The highest BCUT2D eigenvalue weighted by Crippen LogP contribution is 2.20. The SMILES string of the molecule is C=C/C=C\[C@H](NS(=O)(=O)c1ccc([N+](=O)[O-])cc1)c1ccccc1. The minimum absolute atomic E-state index is 0.0407. The van der Waals surface area contributed by atoms with Crippen molar-refractivity contribution in [3.05, 3.63) is 95.1 Å². The summed E-state index contributed by atoms with van der Waals surface area (Å²) in [6.45, 7) is 3.58. The molecule has 2 rings (SSSR count). The second-order valence-electron chi connectivity index (χ2n) is 4.88. The maximum Gasteiger partial charge on any atom is 0.269 e. The lowest BCUT2D eigenvalue weighted by Crippen LogP contribution is -2.27. The Kier molecular flexibility index (Phi) is 5.62. The first-order valence-electron chi connectivity index (χ1n) is 7.05. The Morgan fingerprint density at radius 3 is 2.25 bits per heavy atom. The van der Waals surface area contributed by atoms with Crippen molar-refractivity contribution in [1.82, 2.24) is 4.72 Å². The standard InChI is InChI=1S/C17H16N2O4S/c1-2-3-9-17(14-7-5-4-6-8-14)18-24(22,23)16-12-10-15(11-13-16)19(20)21/h2-13,17-18H,1H2/b9-3-/t17-/m0/s1. The van der Waals surface area contributed by atoms with Crippen LogP contribution in [0.4, 0.5) is 5.69 Å². The molecule has 0 aliphatic rings. The van der Waals surface area contributed by atoms with E-state index in [0.29, 0.717) is 0 Å². The van der Waals surface area contributed by atoms with Crippen LogP contribution in [0.15, 0.2) is 84.3 Å². The van der Waals surface area contributed by atoms with Crippen molar-refractivity contribution in [2.45, 2.75) is 10.9 Å². The van der Waals surface area contributed by atoms with E-state index in [2.05, 4.69) is 11.3 Å². The highest BCUT2D eigenvalue weighted by molar-refractivity contribution is 7.89. The van der Waals surface area contributed by atoms with Crippen LogP contribution in [-0.4, -0.2) is 13.3 Å². The highest BCUT2D eigenvalue weighted by atomic mass is 32.2. The van der Waals surface area contributed by atoms with Crippen molar-refractivity contribution in [1.29, 1.82) is 0 Å². The number of non-ortho nitro benzene ring substituents is 1. The number of nitro groups is 1. The topological polar surface area (TPSA) is 89.3 Å². The van der Waals surface area contributed by atoms with E-state index in [1.54, 1.807) is 30.4 Å². The largest absolute Gasteiger partial charge is 0.269 e. The van der Waals surface area contributed by atoms with Crippen molar-refractivity contribution in [2.75, 3.05) is 0 Å². The summed E-state index contributed by atoms with van der Waals surface area (Å²) in [6, 6.07) is 13.2. The van der Waals surface area contributed by atoms with E-state index in [-0.39, 0.29) is 10.6 Å². The van der Waals surface area contributed by atoms with Crippen LogP contribution in [0.1, 0.15) is 11.6 Å². The van der Waals surface area contributed by atoms with Gasteiger partial charge >= 0.3 is 0 Å². The van der Waals surface area contributed by atoms with Crippen LogP contribution in [0, 0.1) is 10.1 Å². The van der Waals surface area contributed by atoms with E-state index in [1.165, 1.54) is 12.1 Å². The Balaban J connectivity index is 2.31. The van der Waals surface area contributed by atoms with Crippen molar-refractivity contribution < 1.29 is 13.3 Å². The van der Waals surface area contributed by atoms with Gasteiger partial charge in [0.2, 0.25) is 10.0 Å². The molecule has 0 radical (unpaired) electrons. The van der Waals surface area contributed by atoms with Gasteiger partial charge < -0.3 is 0 Å². The van der Waals surface area contributed by atoms with Crippen LogP contribution < -0.4 is 4.72 Å². The number of nitro benzene ring substituents is 1.